The molecule has 0 spiro atoms. The fourth-order valence-electron chi connectivity index (χ4n) is 16.2. The number of pyridine rings is 5. The Morgan fingerprint density at radius 3 is 1.78 bits per heavy atom. The van der Waals surface area contributed by atoms with Crippen molar-refractivity contribution < 1.29 is 109 Å². The van der Waals surface area contributed by atoms with Gasteiger partial charge in [-0.2, -0.15) is 13.2 Å². The van der Waals surface area contributed by atoms with Crippen molar-refractivity contribution in [2.24, 2.45) is 26.7 Å². The minimum Gasteiger partial charge on any atom is -0.512 e. The summed E-state index contributed by atoms with van der Waals surface area (Å²) in [5, 5.41) is 23.9. The molecule has 14 nitrogen and oxygen atoms in total. The van der Waals surface area contributed by atoms with Crippen LogP contribution in [-0.4, -0.2) is 67.4 Å². The Kier molecular flexibility index (Phi) is 38.2. The molecule has 5 aliphatic rings. The number of aryl methyl sites for hydroxylation is 3. The number of aliphatic hydroxyl groups is 1. The van der Waals surface area contributed by atoms with Gasteiger partial charge < -0.3 is 49.8 Å². The number of fused-ring (bicyclic) bond motifs is 2. The molecule has 0 unspecified atom stereocenters. The number of hydrogen-bond donors (Lipinski definition) is 2. The quantitative estimate of drug-likeness (QED) is 0.0386. The number of aliphatic imine (C=N–C) groups is 1. The van der Waals surface area contributed by atoms with E-state index >= 15 is 0 Å². The summed E-state index contributed by atoms with van der Waals surface area (Å²) < 4.78 is 64.5. The van der Waals surface area contributed by atoms with Gasteiger partial charge in [-0.3, -0.25) is 23.8 Å². The number of halogens is 5. The number of carbonyl (C=O) groups is 1. The molecular formula is C95H110CoF5Ir3N12O2-3. The summed E-state index contributed by atoms with van der Waals surface area (Å²) in [5.41, 5.74) is 13.6. The number of carbonyl (C=O) groups excluding carboxylic acids is 1. The third-order valence-corrected chi connectivity index (χ3v) is 23.4. The number of aromatic nitrogens is 9. The van der Waals surface area contributed by atoms with Crippen LogP contribution in [0.4, 0.5) is 27.8 Å². The summed E-state index contributed by atoms with van der Waals surface area (Å²) in [7, 11) is 0. The van der Waals surface area contributed by atoms with E-state index in [9.17, 15) is 26.7 Å². The predicted molar refractivity (Wildman–Crippen MR) is 447 cm³/mol. The van der Waals surface area contributed by atoms with E-state index in [-0.39, 0.29) is 107 Å². The Labute approximate surface area is 746 Å². The van der Waals surface area contributed by atoms with Gasteiger partial charge >= 0.3 is 23.0 Å². The first-order chi connectivity index (χ1) is 54.1. The molecule has 636 valence electrons. The standard InChI is InChI=1S/C29H30N.C20H22F2N.2C16H20N3.C8H9N4.C5H5F3O2.CH4.Co.3Ir/c1-29(15-5-2-6-16-29)17-7-8-22-11-12-25-20-28(30-21-27(25)18-22)26-14-13-23-9-3-4-10-24(23)19-26;1-19(2,20(3)9-4-5-10-20)14-8-11-23-18(12-14)16-7-6-15(21)13-17(16)22;1-13-6-10-19(18-13)15-11-14(5-9-17-15)12-16(2)7-3-4-8-16;1-16(9-3-4-10-16)11-7-14-8-13-19(18-14)15-6-2-5-12-17-15;1-7-10-6-12(11-7)8-4-2-3-5-9-8;1-3(9)2-4(10)5(6,7)8;;;;;/h3-4,9-13,18-21H,2,5-8,15-17H2,1H3;6,8,11-13H,4-5,9-10H2,1-3H3;5-6,9,11H,3-4,7-8,12H2,1-2H3;2,5-6,8,12H,3-4,7,9-11H2,1H3;2-6H,1H3,(H,10,11);2,9H,1H3;1H4;;;;/q5*-1;;;+2;;;. The first-order valence-corrected chi connectivity index (χ1v) is 39.9. The number of rotatable bonds is 17. The molecule has 0 bridgehead atoms. The van der Waals surface area contributed by atoms with Crippen LogP contribution in [0.25, 0.3) is 55.7 Å². The monoisotopic (exact) mass is 2180 g/mol. The van der Waals surface area contributed by atoms with Crippen molar-refractivity contribution in [2.45, 2.75) is 229 Å². The van der Waals surface area contributed by atoms with E-state index in [1.807, 2.05) is 86.9 Å². The number of anilines is 1. The maximum absolute atomic E-state index is 14.0. The molecule has 0 atom stereocenters. The molecule has 2 N–H and O–H groups in total. The Morgan fingerprint density at radius 2 is 1.17 bits per heavy atom. The van der Waals surface area contributed by atoms with Crippen LogP contribution < -0.4 is 10.4 Å². The molecule has 4 fully saturated rings. The SMILES string of the molecule is C.CC(O)=CC(=O)C(F)(F)F.CC1(C(C)(C)c2ccnc(-c3[c-]cc(F)cc3F)c2)CCCC1.CC1(CCCc2ccc3cc(-c4[c-]cc5ccccc5c4)ncc3c2)CCCCC1.CC1(CCc2c[c-]n(-c3ccccn3)n2)CCCC1.CC1=N[CH-]N(c2ccccn2)N1.Cc1c[c-]n(-c2cc(CC3(C)CCCC3)ccn2)n1.[Co+2].[Ir].[Ir].[Ir]. The number of amidine groups is 1. The molecule has 118 heavy (non-hydrogen) atoms. The smallest absolute Gasteiger partial charge is 0.512 e. The van der Waals surface area contributed by atoms with Crippen molar-refractivity contribution >= 4 is 39.0 Å². The van der Waals surface area contributed by atoms with Crippen LogP contribution >= 0.6 is 0 Å². The van der Waals surface area contributed by atoms with Gasteiger partial charge in [0, 0.05) is 109 Å². The fourth-order valence-corrected chi connectivity index (χ4v) is 16.2. The molecule has 23 heteroatoms. The summed E-state index contributed by atoms with van der Waals surface area (Å²) in [5.74, 6) is -0.526. The second kappa shape index (κ2) is 45.6. The molecule has 0 amide bonds. The molecular weight excluding hydrogens is 2070 g/mol. The Balaban J connectivity index is 0.000000225. The average Bonchev–Trinajstić information content (AvgIpc) is 1.39. The number of hydrogen-bond acceptors (Lipinski definition) is 12. The van der Waals surface area contributed by atoms with Crippen LogP contribution in [0.3, 0.4) is 0 Å². The topological polar surface area (TPSA) is 165 Å². The number of ketones is 1. The van der Waals surface area contributed by atoms with Crippen molar-refractivity contribution in [3.63, 3.8) is 0 Å². The van der Waals surface area contributed by atoms with Gasteiger partial charge in [0.2, 0.25) is 0 Å². The zero-order valence-electron chi connectivity index (χ0n) is 68.2. The number of nitrogens with one attached hydrogen (secondary N) is 1. The maximum atomic E-state index is 14.0. The summed E-state index contributed by atoms with van der Waals surface area (Å²) in [6, 6.07) is 53.5. The maximum Gasteiger partial charge on any atom is 2.00 e. The van der Waals surface area contributed by atoms with Crippen molar-refractivity contribution in [3.05, 3.63) is 259 Å². The summed E-state index contributed by atoms with van der Waals surface area (Å²) in [4.78, 5) is 35.8. The van der Waals surface area contributed by atoms with Gasteiger partial charge in [0.05, 0.1) is 17.4 Å². The molecule has 11 aromatic rings. The average molecular weight is 2180 g/mol. The van der Waals surface area contributed by atoms with Crippen LogP contribution in [0.5, 0.6) is 0 Å². The molecule has 4 saturated carbocycles. The van der Waals surface area contributed by atoms with E-state index in [0.29, 0.717) is 21.9 Å². The van der Waals surface area contributed by atoms with Gasteiger partial charge in [-0.25, -0.2) is 4.98 Å². The van der Waals surface area contributed by atoms with E-state index in [1.165, 1.54) is 168 Å². The van der Waals surface area contributed by atoms with E-state index in [0.717, 1.165) is 83.4 Å². The largest absolute Gasteiger partial charge is 2.00 e. The molecule has 16 rings (SSSR count). The molecule has 4 aliphatic carbocycles. The van der Waals surface area contributed by atoms with Gasteiger partial charge in [0.15, 0.2) is 0 Å². The van der Waals surface area contributed by atoms with Crippen molar-refractivity contribution in [1.82, 2.24) is 49.9 Å². The minimum atomic E-state index is -4.88. The number of allylic oxidation sites excluding steroid dienone is 2. The Hall–Kier alpha value is -7.98. The van der Waals surface area contributed by atoms with Gasteiger partial charge in [-0.05, 0) is 205 Å². The van der Waals surface area contributed by atoms with Crippen LogP contribution in [0.15, 0.2) is 193 Å². The second-order valence-electron chi connectivity index (χ2n) is 32.9. The molecule has 4 aromatic carbocycles. The second-order valence-corrected chi connectivity index (χ2v) is 32.9. The van der Waals surface area contributed by atoms with Crippen LogP contribution in [0.1, 0.15) is 219 Å². The Morgan fingerprint density at radius 1 is 0.576 bits per heavy atom. The summed E-state index contributed by atoms with van der Waals surface area (Å²) >= 11 is 0. The normalized spacial score (nSPS) is 15.9. The zero-order valence-corrected chi connectivity index (χ0v) is 76.4. The van der Waals surface area contributed by atoms with Crippen LogP contribution in [-0.2, 0) is 107 Å². The van der Waals surface area contributed by atoms with E-state index < -0.39 is 29.4 Å². The summed E-state index contributed by atoms with van der Waals surface area (Å²) in [6.07, 6.45) is 40.9. The molecule has 1 aliphatic heterocycles. The van der Waals surface area contributed by atoms with Gasteiger partial charge in [-0.1, -0.05) is 241 Å². The zero-order chi connectivity index (χ0) is 80.2. The fraction of sp³-hybridized carbons (Fsp3) is 0.411. The third-order valence-electron chi connectivity index (χ3n) is 23.4. The van der Waals surface area contributed by atoms with Gasteiger partial charge in [-0.15, -0.1) is 53.4 Å². The molecule has 4 radical (unpaired) electrons. The van der Waals surface area contributed by atoms with Gasteiger partial charge in [0.25, 0.3) is 5.78 Å². The predicted octanol–water partition coefficient (Wildman–Crippen LogP) is 24.1. The number of nitrogens with zero attached hydrogens (tertiary/aromatic N) is 11. The van der Waals surface area contributed by atoms with Crippen molar-refractivity contribution in [3.8, 4) is 34.2 Å². The first kappa shape index (κ1) is 98.8. The first-order valence-electron chi connectivity index (χ1n) is 39.9. The van der Waals surface area contributed by atoms with Crippen LogP contribution in [0, 0.1) is 71.4 Å². The molecule has 8 heterocycles. The molecule has 7 aromatic heterocycles. The third kappa shape index (κ3) is 28.1. The van der Waals surface area contributed by atoms with Gasteiger partial charge in [0.1, 0.15) is 5.82 Å². The number of benzene rings is 4. The van der Waals surface area contributed by atoms with Crippen molar-refractivity contribution in [1.29, 1.82) is 0 Å². The minimum absolute atomic E-state index is 0. The van der Waals surface area contributed by atoms with Crippen LogP contribution in [0.2, 0.25) is 0 Å². The van der Waals surface area contributed by atoms with E-state index in [2.05, 4.69) is 179 Å². The summed E-state index contributed by atoms with van der Waals surface area (Å²) in [6.45, 7) is 20.7. The van der Waals surface area contributed by atoms with E-state index in [4.69, 9.17) is 10.1 Å². The Bertz CT molecular complexity index is 4990. The van der Waals surface area contributed by atoms with E-state index in [1.54, 1.807) is 39.6 Å². The molecule has 0 saturated heterocycles. The number of alkyl halides is 3. The number of aliphatic hydroxyl groups excluding tert-OH is 1. The van der Waals surface area contributed by atoms with Crippen molar-refractivity contribution in [2.75, 3.05) is 5.01 Å². The number of hydrazine groups is 1.